The summed E-state index contributed by atoms with van der Waals surface area (Å²) in [6, 6.07) is 0. The molecule has 4 heteroatoms. The summed E-state index contributed by atoms with van der Waals surface area (Å²) in [6.45, 7) is 8.13. The molecule has 0 spiro atoms. The lowest BCUT2D eigenvalue weighted by molar-refractivity contribution is -0.162. The average molecular weight is 365 g/mol. The van der Waals surface area contributed by atoms with E-state index in [1.807, 2.05) is 20.8 Å². The maximum atomic E-state index is 12.2. The molecule has 4 aliphatic rings. The van der Waals surface area contributed by atoms with Crippen molar-refractivity contribution in [2.45, 2.75) is 85.2 Å². The number of hydrogen-bond donors (Lipinski definition) is 0. The van der Waals surface area contributed by atoms with E-state index in [-0.39, 0.29) is 18.0 Å². The molecular formula is C22H36O4. The SMILES string of the molecule is CCC(C)(C)C(=O)OCCCC(=O)OC(C)C1C2CC3CC(C2)CC1C3. The van der Waals surface area contributed by atoms with Gasteiger partial charge in [-0.15, -0.1) is 0 Å². The zero-order valence-electron chi connectivity index (χ0n) is 17.0. The van der Waals surface area contributed by atoms with Gasteiger partial charge in [-0.2, -0.15) is 0 Å². The highest BCUT2D eigenvalue weighted by Gasteiger charge is 2.50. The van der Waals surface area contributed by atoms with Crippen molar-refractivity contribution >= 4 is 11.9 Å². The minimum atomic E-state index is -0.450. The monoisotopic (exact) mass is 364 g/mol. The van der Waals surface area contributed by atoms with Crippen LogP contribution in [0.1, 0.15) is 79.1 Å². The lowest BCUT2D eigenvalue weighted by Crippen LogP contribution is -2.49. The van der Waals surface area contributed by atoms with Crippen LogP contribution in [-0.4, -0.2) is 24.6 Å². The zero-order chi connectivity index (χ0) is 18.9. The molecule has 0 aliphatic heterocycles. The van der Waals surface area contributed by atoms with Crippen LogP contribution in [0.5, 0.6) is 0 Å². The van der Waals surface area contributed by atoms with Crippen LogP contribution in [0.2, 0.25) is 0 Å². The summed E-state index contributed by atoms with van der Waals surface area (Å²) in [5.74, 6) is 3.66. The molecule has 0 saturated heterocycles. The highest BCUT2D eigenvalue weighted by molar-refractivity contribution is 5.75. The molecule has 0 amide bonds. The molecule has 1 unspecified atom stereocenters. The summed E-state index contributed by atoms with van der Waals surface area (Å²) in [7, 11) is 0. The number of rotatable bonds is 8. The molecule has 0 aromatic rings. The standard InChI is InChI=1S/C22H36O4/c1-5-22(3,4)21(24)25-8-6-7-19(23)26-14(2)20-17-10-15-9-16(12-17)13-18(20)11-15/h14-18,20H,5-13H2,1-4H3. The van der Waals surface area contributed by atoms with Gasteiger partial charge in [0, 0.05) is 12.3 Å². The molecule has 0 N–H and O–H groups in total. The first-order valence-electron chi connectivity index (χ1n) is 10.7. The van der Waals surface area contributed by atoms with Gasteiger partial charge in [-0.1, -0.05) is 6.92 Å². The smallest absolute Gasteiger partial charge is 0.311 e. The molecule has 4 nitrogen and oxygen atoms in total. The molecule has 0 aromatic heterocycles. The van der Waals surface area contributed by atoms with Crippen LogP contribution in [0.3, 0.4) is 0 Å². The quantitative estimate of drug-likeness (QED) is 0.461. The molecule has 0 aromatic carbocycles. The minimum absolute atomic E-state index is 0.0269. The molecule has 26 heavy (non-hydrogen) atoms. The molecule has 4 saturated carbocycles. The molecular weight excluding hydrogens is 328 g/mol. The van der Waals surface area contributed by atoms with Gasteiger partial charge < -0.3 is 9.47 Å². The van der Waals surface area contributed by atoms with Gasteiger partial charge in [-0.05, 0) is 89.4 Å². The summed E-state index contributed by atoms with van der Waals surface area (Å²) in [4.78, 5) is 24.2. The number of carbonyl (C=O) groups is 2. The van der Waals surface area contributed by atoms with Gasteiger partial charge in [0.1, 0.15) is 6.10 Å². The Labute approximate surface area is 158 Å². The molecule has 148 valence electrons. The summed E-state index contributed by atoms with van der Waals surface area (Å²) >= 11 is 0. The highest BCUT2D eigenvalue weighted by atomic mass is 16.5. The van der Waals surface area contributed by atoms with Gasteiger partial charge in [-0.25, -0.2) is 0 Å². The first-order valence-corrected chi connectivity index (χ1v) is 10.7. The fraction of sp³-hybridized carbons (Fsp3) is 0.909. The Morgan fingerprint density at radius 2 is 1.62 bits per heavy atom. The molecule has 0 radical (unpaired) electrons. The van der Waals surface area contributed by atoms with E-state index in [1.54, 1.807) is 0 Å². The average Bonchev–Trinajstić information content (AvgIpc) is 2.57. The molecule has 1 atom stereocenters. The Balaban J connectivity index is 1.38. The summed E-state index contributed by atoms with van der Waals surface area (Å²) in [5, 5.41) is 0. The second-order valence-electron chi connectivity index (χ2n) is 9.68. The fourth-order valence-corrected chi connectivity index (χ4v) is 5.80. The van der Waals surface area contributed by atoms with Crippen molar-refractivity contribution in [2.24, 2.45) is 35.0 Å². The first kappa shape index (κ1) is 19.7. The van der Waals surface area contributed by atoms with Crippen molar-refractivity contribution in [3.05, 3.63) is 0 Å². The summed E-state index contributed by atoms with van der Waals surface area (Å²) in [5.41, 5.74) is -0.450. The van der Waals surface area contributed by atoms with Crippen LogP contribution < -0.4 is 0 Å². The second kappa shape index (κ2) is 7.90. The van der Waals surface area contributed by atoms with E-state index in [1.165, 1.54) is 32.1 Å². The third-order valence-corrected chi connectivity index (χ3v) is 7.35. The summed E-state index contributed by atoms with van der Waals surface area (Å²) < 4.78 is 11.1. The van der Waals surface area contributed by atoms with Crippen molar-refractivity contribution < 1.29 is 19.1 Å². The first-order chi connectivity index (χ1) is 12.3. The lowest BCUT2D eigenvalue weighted by Gasteiger charge is -2.55. The Kier molecular flexibility index (Phi) is 5.98. The van der Waals surface area contributed by atoms with E-state index >= 15 is 0 Å². The van der Waals surface area contributed by atoms with Gasteiger partial charge in [-0.3, -0.25) is 9.59 Å². The predicted molar refractivity (Wildman–Crippen MR) is 100 cm³/mol. The fourth-order valence-electron chi connectivity index (χ4n) is 5.80. The van der Waals surface area contributed by atoms with Crippen LogP contribution >= 0.6 is 0 Å². The largest absolute Gasteiger partial charge is 0.465 e. The Morgan fingerprint density at radius 1 is 1.04 bits per heavy atom. The number of hydrogen-bond acceptors (Lipinski definition) is 4. The van der Waals surface area contributed by atoms with Crippen molar-refractivity contribution in [1.82, 2.24) is 0 Å². The Morgan fingerprint density at radius 3 is 2.15 bits per heavy atom. The molecule has 0 heterocycles. The van der Waals surface area contributed by atoms with Crippen molar-refractivity contribution in [3.63, 3.8) is 0 Å². The van der Waals surface area contributed by atoms with Gasteiger partial charge in [0.25, 0.3) is 0 Å². The minimum Gasteiger partial charge on any atom is -0.465 e. The molecule has 4 fully saturated rings. The normalized spacial score (nSPS) is 33.8. The van der Waals surface area contributed by atoms with Crippen molar-refractivity contribution in [2.75, 3.05) is 6.61 Å². The topological polar surface area (TPSA) is 52.6 Å². The third kappa shape index (κ3) is 4.26. The van der Waals surface area contributed by atoms with Crippen LogP contribution in [-0.2, 0) is 19.1 Å². The van der Waals surface area contributed by atoms with E-state index in [2.05, 4.69) is 6.92 Å². The molecule has 4 aliphatic carbocycles. The zero-order valence-corrected chi connectivity index (χ0v) is 17.0. The van der Waals surface area contributed by atoms with Gasteiger partial charge in [0.15, 0.2) is 0 Å². The predicted octanol–water partition coefficient (Wildman–Crippen LogP) is 4.75. The number of ether oxygens (including phenoxy) is 2. The van der Waals surface area contributed by atoms with Crippen LogP contribution in [0.4, 0.5) is 0 Å². The highest BCUT2D eigenvalue weighted by Crippen LogP contribution is 2.57. The van der Waals surface area contributed by atoms with E-state index in [4.69, 9.17) is 9.47 Å². The summed E-state index contributed by atoms with van der Waals surface area (Å²) in [6.07, 6.45) is 8.49. The Hall–Kier alpha value is -1.06. The lowest BCUT2D eigenvalue weighted by atomic mass is 9.51. The van der Waals surface area contributed by atoms with Crippen LogP contribution in [0, 0.1) is 35.0 Å². The maximum Gasteiger partial charge on any atom is 0.311 e. The third-order valence-electron chi connectivity index (χ3n) is 7.35. The van der Waals surface area contributed by atoms with Crippen molar-refractivity contribution in [1.29, 1.82) is 0 Å². The van der Waals surface area contributed by atoms with Crippen molar-refractivity contribution in [3.8, 4) is 0 Å². The van der Waals surface area contributed by atoms with E-state index in [0.29, 0.717) is 25.4 Å². The van der Waals surface area contributed by atoms with Crippen LogP contribution in [0.25, 0.3) is 0 Å². The van der Waals surface area contributed by atoms with Crippen LogP contribution in [0.15, 0.2) is 0 Å². The molecule has 4 rings (SSSR count). The number of carbonyl (C=O) groups excluding carboxylic acids is 2. The second-order valence-corrected chi connectivity index (χ2v) is 9.68. The van der Waals surface area contributed by atoms with E-state index < -0.39 is 5.41 Å². The number of esters is 2. The van der Waals surface area contributed by atoms with Gasteiger partial charge >= 0.3 is 11.9 Å². The van der Waals surface area contributed by atoms with E-state index in [0.717, 1.165) is 30.1 Å². The van der Waals surface area contributed by atoms with E-state index in [9.17, 15) is 9.59 Å². The molecule has 4 bridgehead atoms. The van der Waals surface area contributed by atoms with Gasteiger partial charge in [0.05, 0.1) is 12.0 Å². The van der Waals surface area contributed by atoms with Gasteiger partial charge in [0.2, 0.25) is 0 Å². The Bertz CT molecular complexity index is 496. The maximum absolute atomic E-state index is 12.2.